The number of allylic oxidation sites excluding steroid dienone is 4. The van der Waals surface area contributed by atoms with E-state index < -0.39 is 6.43 Å². The summed E-state index contributed by atoms with van der Waals surface area (Å²) in [6.07, 6.45) is 1.64. The van der Waals surface area contributed by atoms with Crippen LogP contribution in [0.2, 0.25) is 0 Å². The number of benzene rings is 1. The standard InChI is InChI=1S/C17H20F2O.CH3F/c1-4-20-16-8-7-13(17(18)19)10-15(16)14-9-11(2)5-6-12(14)3;1-2/h7-10,17H,4-6H2,1-3H3;1H3. The highest BCUT2D eigenvalue weighted by Crippen LogP contribution is 2.37. The van der Waals surface area contributed by atoms with E-state index in [0.717, 1.165) is 24.0 Å². The van der Waals surface area contributed by atoms with Crippen molar-refractivity contribution in [3.8, 4) is 5.75 Å². The summed E-state index contributed by atoms with van der Waals surface area (Å²) in [7, 11) is 0.500. The molecule has 122 valence electrons. The summed E-state index contributed by atoms with van der Waals surface area (Å²) >= 11 is 0. The maximum Gasteiger partial charge on any atom is 0.263 e. The van der Waals surface area contributed by atoms with Crippen LogP contribution in [0.1, 0.15) is 51.2 Å². The molecule has 0 N–H and O–H groups in total. The summed E-state index contributed by atoms with van der Waals surface area (Å²) in [5, 5.41) is 0. The Hall–Kier alpha value is -1.71. The van der Waals surface area contributed by atoms with Gasteiger partial charge in [-0.25, -0.2) is 8.78 Å². The molecule has 0 radical (unpaired) electrons. The smallest absolute Gasteiger partial charge is 0.263 e. The van der Waals surface area contributed by atoms with Gasteiger partial charge >= 0.3 is 0 Å². The zero-order valence-electron chi connectivity index (χ0n) is 13.6. The molecule has 0 saturated carbocycles. The Morgan fingerprint density at radius 3 is 2.41 bits per heavy atom. The van der Waals surface area contributed by atoms with Crippen molar-refractivity contribution in [1.29, 1.82) is 0 Å². The molecule has 1 nitrogen and oxygen atoms in total. The summed E-state index contributed by atoms with van der Waals surface area (Å²) < 4.78 is 41.0. The lowest BCUT2D eigenvalue weighted by Crippen LogP contribution is -2.01. The third kappa shape index (κ3) is 4.39. The number of ether oxygens (including phenoxy) is 1. The molecule has 0 heterocycles. The maximum absolute atomic E-state index is 12.9. The Morgan fingerprint density at radius 1 is 1.14 bits per heavy atom. The van der Waals surface area contributed by atoms with Crippen LogP contribution in [0.25, 0.3) is 5.57 Å². The molecule has 0 amide bonds. The predicted molar refractivity (Wildman–Crippen MR) is 85.2 cm³/mol. The van der Waals surface area contributed by atoms with E-state index in [1.165, 1.54) is 17.2 Å². The predicted octanol–water partition coefficient (Wildman–Crippen LogP) is 6.12. The van der Waals surface area contributed by atoms with Gasteiger partial charge in [0.25, 0.3) is 6.43 Å². The molecule has 0 aromatic heterocycles. The normalized spacial score (nSPS) is 14.5. The van der Waals surface area contributed by atoms with Gasteiger partial charge < -0.3 is 4.74 Å². The monoisotopic (exact) mass is 312 g/mol. The van der Waals surface area contributed by atoms with Crippen LogP contribution in [0.3, 0.4) is 0 Å². The van der Waals surface area contributed by atoms with E-state index in [2.05, 4.69) is 19.9 Å². The van der Waals surface area contributed by atoms with Crippen molar-refractivity contribution in [1.82, 2.24) is 0 Å². The van der Waals surface area contributed by atoms with Crippen molar-refractivity contribution in [2.75, 3.05) is 13.8 Å². The minimum absolute atomic E-state index is 0.0420. The molecule has 4 heteroatoms. The second-order valence-corrected chi connectivity index (χ2v) is 5.17. The topological polar surface area (TPSA) is 9.23 Å². The van der Waals surface area contributed by atoms with Crippen LogP contribution in [0.15, 0.2) is 35.4 Å². The van der Waals surface area contributed by atoms with Gasteiger partial charge in [0.2, 0.25) is 0 Å². The first-order valence-electron chi connectivity index (χ1n) is 7.33. The molecule has 1 aliphatic carbocycles. The highest BCUT2D eigenvalue weighted by atomic mass is 19.3. The van der Waals surface area contributed by atoms with Crippen molar-refractivity contribution < 1.29 is 17.9 Å². The van der Waals surface area contributed by atoms with Gasteiger partial charge in [0.15, 0.2) is 0 Å². The quantitative estimate of drug-likeness (QED) is 0.650. The Balaban J connectivity index is 0.00000116. The first-order valence-corrected chi connectivity index (χ1v) is 7.33. The van der Waals surface area contributed by atoms with Gasteiger partial charge in [0, 0.05) is 11.1 Å². The van der Waals surface area contributed by atoms with Gasteiger partial charge in [-0.1, -0.05) is 17.2 Å². The van der Waals surface area contributed by atoms with Crippen LogP contribution in [-0.2, 0) is 0 Å². The maximum atomic E-state index is 12.9. The van der Waals surface area contributed by atoms with Crippen LogP contribution in [0.4, 0.5) is 13.2 Å². The summed E-state index contributed by atoms with van der Waals surface area (Å²) in [5.74, 6) is 0.678. The van der Waals surface area contributed by atoms with Crippen LogP contribution in [0, 0.1) is 0 Å². The molecular weight excluding hydrogens is 289 g/mol. The Morgan fingerprint density at radius 2 is 1.82 bits per heavy atom. The molecule has 2 rings (SSSR count). The van der Waals surface area contributed by atoms with E-state index in [9.17, 15) is 13.2 Å². The van der Waals surface area contributed by atoms with Crippen molar-refractivity contribution in [3.05, 3.63) is 46.5 Å². The minimum atomic E-state index is -2.46. The molecule has 1 aromatic carbocycles. The average Bonchev–Trinajstić information content (AvgIpc) is 2.52. The van der Waals surface area contributed by atoms with E-state index in [1.807, 2.05) is 6.92 Å². The van der Waals surface area contributed by atoms with Gasteiger partial charge in [-0.15, -0.1) is 0 Å². The number of hydrogen-bond acceptors (Lipinski definition) is 1. The molecular formula is C18H23F3O. The molecule has 0 aliphatic heterocycles. The van der Waals surface area contributed by atoms with Crippen LogP contribution in [-0.4, -0.2) is 13.8 Å². The number of hydrogen-bond donors (Lipinski definition) is 0. The van der Waals surface area contributed by atoms with Crippen molar-refractivity contribution in [3.63, 3.8) is 0 Å². The third-order valence-electron chi connectivity index (χ3n) is 3.59. The van der Waals surface area contributed by atoms with E-state index in [-0.39, 0.29) is 5.56 Å². The van der Waals surface area contributed by atoms with E-state index >= 15 is 0 Å². The van der Waals surface area contributed by atoms with E-state index in [4.69, 9.17) is 4.74 Å². The largest absolute Gasteiger partial charge is 0.493 e. The minimum Gasteiger partial charge on any atom is -0.493 e. The fourth-order valence-corrected chi connectivity index (χ4v) is 2.44. The molecule has 1 aliphatic rings. The van der Waals surface area contributed by atoms with Gasteiger partial charge in [-0.3, -0.25) is 4.39 Å². The second kappa shape index (κ2) is 8.66. The Labute approximate surface area is 130 Å². The van der Waals surface area contributed by atoms with Crippen LogP contribution < -0.4 is 4.74 Å². The van der Waals surface area contributed by atoms with Gasteiger partial charge in [-0.05, 0) is 57.4 Å². The van der Waals surface area contributed by atoms with Crippen LogP contribution in [0.5, 0.6) is 5.75 Å². The molecule has 1 aromatic rings. The Kier molecular flexibility index (Phi) is 7.22. The van der Waals surface area contributed by atoms with Crippen molar-refractivity contribution in [2.45, 2.75) is 40.0 Å². The number of alkyl halides is 3. The third-order valence-corrected chi connectivity index (χ3v) is 3.59. The van der Waals surface area contributed by atoms with Gasteiger partial charge in [0.05, 0.1) is 13.8 Å². The fraction of sp³-hybridized carbons (Fsp3) is 0.444. The van der Waals surface area contributed by atoms with Crippen molar-refractivity contribution in [2.24, 2.45) is 0 Å². The number of halogens is 3. The zero-order valence-corrected chi connectivity index (χ0v) is 13.6. The summed E-state index contributed by atoms with van der Waals surface area (Å²) in [6, 6.07) is 4.65. The molecule has 0 unspecified atom stereocenters. The highest BCUT2D eigenvalue weighted by molar-refractivity contribution is 5.81. The molecule has 0 fully saturated rings. The van der Waals surface area contributed by atoms with Crippen molar-refractivity contribution >= 4 is 5.57 Å². The SMILES string of the molecule is CCOc1ccc(C(F)F)cc1C1=C(C)CCC(C)=C1.CF. The molecule has 0 atom stereocenters. The summed E-state index contributed by atoms with van der Waals surface area (Å²) in [6.45, 7) is 6.55. The van der Waals surface area contributed by atoms with Gasteiger partial charge in [0.1, 0.15) is 5.75 Å². The second-order valence-electron chi connectivity index (χ2n) is 5.17. The van der Waals surface area contributed by atoms with E-state index in [1.54, 1.807) is 12.1 Å². The molecule has 0 saturated heterocycles. The highest BCUT2D eigenvalue weighted by Gasteiger charge is 2.17. The first-order chi connectivity index (χ1) is 10.5. The lowest BCUT2D eigenvalue weighted by Gasteiger charge is -2.19. The lowest BCUT2D eigenvalue weighted by atomic mass is 9.89. The summed E-state index contributed by atoms with van der Waals surface area (Å²) in [5.41, 5.74) is 4.35. The molecule has 22 heavy (non-hydrogen) atoms. The first kappa shape index (κ1) is 18.3. The molecule has 0 spiro atoms. The lowest BCUT2D eigenvalue weighted by molar-refractivity contribution is 0.151. The van der Waals surface area contributed by atoms with Gasteiger partial charge in [-0.2, -0.15) is 0 Å². The fourth-order valence-electron chi connectivity index (χ4n) is 2.44. The van der Waals surface area contributed by atoms with E-state index in [0.29, 0.717) is 19.5 Å². The summed E-state index contributed by atoms with van der Waals surface area (Å²) in [4.78, 5) is 0. The number of rotatable bonds is 4. The van der Waals surface area contributed by atoms with Crippen LogP contribution >= 0.6 is 0 Å². The Bertz CT molecular complexity index is 559. The average molecular weight is 312 g/mol. The molecule has 0 bridgehead atoms. The zero-order chi connectivity index (χ0) is 16.7.